The predicted octanol–water partition coefficient (Wildman–Crippen LogP) is 2.87. The van der Waals surface area contributed by atoms with Crippen molar-refractivity contribution in [2.45, 2.75) is 6.92 Å². The molecule has 0 saturated heterocycles. The average Bonchev–Trinajstić information content (AvgIpc) is 2.27. The lowest BCUT2D eigenvalue weighted by molar-refractivity contribution is 0.400. The van der Waals surface area contributed by atoms with Crippen LogP contribution in [-0.4, -0.2) is 10.2 Å². The summed E-state index contributed by atoms with van der Waals surface area (Å²) in [6.45, 7) is 1.77. The minimum Gasteiger partial charge on any atom is -0.504 e. The monoisotopic (exact) mass is 199 g/mol. The molecule has 0 fully saturated rings. The van der Waals surface area contributed by atoms with E-state index >= 15 is 0 Å². The van der Waals surface area contributed by atoms with Gasteiger partial charge >= 0.3 is 0 Å². The van der Waals surface area contributed by atoms with Gasteiger partial charge in [0.05, 0.1) is 0 Å². The highest BCUT2D eigenvalue weighted by Gasteiger charge is 2.09. The van der Waals surface area contributed by atoms with Gasteiger partial charge in [0.1, 0.15) is 0 Å². The number of rotatable bonds is 1. The van der Waals surface area contributed by atoms with Crippen LogP contribution in [-0.2, 0) is 0 Å². The summed E-state index contributed by atoms with van der Waals surface area (Å²) in [6.07, 6.45) is 0. The van der Waals surface area contributed by atoms with Gasteiger partial charge in [-0.15, -0.1) is 0 Å². The molecule has 0 bridgehead atoms. The minimum absolute atomic E-state index is 0.101. The molecular weight excluding hydrogens is 188 g/mol. The molecule has 2 rings (SSSR count). The molecule has 0 aromatic heterocycles. The summed E-state index contributed by atoms with van der Waals surface area (Å²) in [6, 6.07) is 14.0. The van der Waals surface area contributed by atoms with Crippen molar-refractivity contribution in [2.24, 2.45) is 0 Å². The van der Waals surface area contributed by atoms with Gasteiger partial charge in [0, 0.05) is 11.6 Å². The van der Waals surface area contributed by atoms with E-state index in [0.717, 1.165) is 11.1 Å². The molecule has 0 aliphatic heterocycles. The second-order valence-corrected chi connectivity index (χ2v) is 3.39. The van der Waals surface area contributed by atoms with Crippen LogP contribution in [0.1, 0.15) is 5.56 Å². The standard InChI is InChI=1S/C13H11O2/c1-9-11(7-8-12(14)13(9)15)10-5-3-2-4-6-10/h2-7,14-15H,1H3. The van der Waals surface area contributed by atoms with Crippen LogP contribution in [0.3, 0.4) is 0 Å². The van der Waals surface area contributed by atoms with Crippen molar-refractivity contribution in [1.82, 2.24) is 0 Å². The first-order valence-corrected chi connectivity index (χ1v) is 4.69. The fourth-order valence-corrected chi connectivity index (χ4v) is 1.54. The average molecular weight is 199 g/mol. The van der Waals surface area contributed by atoms with Crippen molar-refractivity contribution in [2.75, 3.05) is 0 Å². The van der Waals surface area contributed by atoms with Crippen LogP contribution < -0.4 is 0 Å². The third kappa shape index (κ3) is 1.66. The van der Waals surface area contributed by atoms with Crippen molar-refractivity contribution in [3.63, 3.8) is 0 Å². The molecule has 0 atom stereocenters. The largest absolute Gasteiger partial charge is 0.504 e. The fourth-order valence-electron chi connectivity index (χ4n) is 1.54. The molecule has 2 N–H and O–H groups in total. The molecule has 0 amide bonds. The highest BCUT2D eigenvalue weighted by Crippen LogP contribution is 2.35. The molecule has 0 aliphatic rings. The molecule has 0 unspecified atom stereocenters. The molecule has 75 valence electrons. The summed E-state index contributed by atoms with van der Waals surface area (Å²) in [5.41, 5.74) is 2.55. The summed E-state index contributed by atoms with van der Waals surface area (Å²) in [7, 11) is 0. The van der Waals surface area contributed by atoms with Crippen molar-refractivity contribution >= 4 is 0 Å². The third-order valence-corrected chi connectivity index (χ3v) is 2.42. The fraction of sp³-hybridized carbons (Fsp3) is 0.0769. The Hall–Kier alpha value is -1.96. The van der Waals surface area contributed by atoms with Gasteiger partial charge in [0.2, 0.25) is 0 Å². The first kappa shape index (κ1) is 9.59. The third-order valence-electron chi connectivity index (χ3n) is 2.42. The molecule has 2 heteroatoms. The summed E-state index contributed by atoms with van der Waals surface area (Å²) < 4.78 is 0. The summed E-state index contributed by atoms with van der Waals surface area (Å²) in [5.74, 6) is -0.302. The molecule has 0 spiro atoms. The Bertz CT molecular complexity index is 475. The lowest BCUT2D eigenvalue weighted by atomic mass is 10.00. The smallest absolute Gasteiger partial charge is 0.165 e. The van der Waals surface area contributed by atoms with Crippen LogP contribution in [0.4, 0.5) is 0 Å². The number of hydrogen-bond donors (Lipinski definition) is 2. The molecular formula is C13H11O2. The summed E-state index contributed by atoms with van der Waals surface area (Å²) in [4.78, 5) is 0. The highest BCUT2D eigenvalue weighted by atomic mass is 16.3. The second kappa shape index (κ2) is 3.65. The quantitative estimate of drug-likeness (QED) is 0.693. The Balaban J connectivity index is 2.60. The topological polar surface area (TPSA) is 40.5 Å². The van der Waals surface area contributed by atoms with Crippen LogP contribution in [0.5, 0.6) is 11.5 Å². The zero-order valence-corrected chi connectivity index (χ0v) is 8.36. The SMILES string of the molecule is Cc1c(-c2ccccc2)c[c]c(O)c1O. The van der Waals surface area contributed by atoms with Gasteiger partial charge in [-0.25, -0.2) is 0 Å². The van der Waals surface area contributed by atoms with Gasteiger partial charge in [0.25, 0.3) is 0 Å². The Morgan fingerprint density at radius 1 is 1.07 bits per heavy atom. The Kier molecular flexibility index (Phi) is 2.34. The minimum atomic E-state index is -0.202. The van der Waals surface area contributed by atoms with Crippen molar-refractivity contribution in [3.05, 3.63) is 48.0 Å². The van der Waals surface area contributed by atoms with Crippen molar-refractivity contribution in [1.29, 1.82) is 0 Å². The summed E-state index contributed by atoms with van der Waals surface area (Å²) in [5, 5.41) is 18.8. The molecule has 2 aromatic rings. The molecule has 2 nitrogen and oxygen atoms in total. The zero-order chi connectivity index (χ0) is 10.8. The van der Waals surface area contributed by atoms with Crippen molar-refractivity contribution < 1.29 is 10.2 Å². The first-order valence-electron chi connectivity index (χ1n) is 4.69. The van der Waals surface area contributed by atoms with E-state index in [9.17, 15) is 10.2 Å². The normalized spacial score (nSPS) is 10.2. The lowest BCUT2D eigenvalue weighted by Crippen LogP contribution is -1.84. The number of aromatic hydroxyl groups is 2. The highest BCUT2D eigenvalue weighted by molar-refractivity contribution is 5.71. The Morgan fingerprint density at radius 2 is 1.73 bits per heavy atom. The number of phenolic OH excluding ortho intramolecular Hbond substituents is 2. The maximum Gasteiger partial charge on any atom is 0.165 e. The molecule has 0 heterocycles. The maximum atomic E-state index is 9.57. The molecule has 1 radical (unpaired) electrons. The van der Waals surface area contributed by atoms with E-state index in [0.29, 0.717) is 5.56 Å². The Morgan fingerprint density at radius 3 is 2.40 bits per heavy atom. The van der Waals surface area contributed by atoms with Gasteiger partial charge in [0.15, 0.2) is 11.5 Å². The van der Waals surface area contributed by atoms with Gasteiger partial charge < -0.3 is 10.2 Å². The van der Waals surface area contributed by atoms with Gasteiger partial charge in [-0.05, 0) is 24.1 Å². The first-order chi connectivity index (χ1) is 7.20. The predicted molar refractivity (Wildman–Crippen MR) is 58.8 cm³/mol. The second-order valence-electron chi connectivity index (χ2n) is 3.39. The van der Waals surface area contributed by atoms with Crippen LogP contribution >= 0.6 is 0 Å². The number of benzene rings is 2. The van der Waals surface area contributed by atoms with E-state index in [4.69, 9.17) is 0 Å². The lowest BCUT2D eigenvalue weighted by Gasteiger charge is -2.08. The van der Waals surface area contributed by atoms with E-state index in [1.807, 2.05) is 30.3 Å². The van der Waals surface area contributed by atoms with E-state index < -0.39 is 0 Å². The number of hydrogen-bond acceptors (Lipinski definition) is 2. The van der Waals surface area contributed by atoms with Crippen LogP contribution in [0, 0.1) is 13.0 Å². The molecule has 15 heavy (non-hydrogen) atoms. The van der Waals surface area contributed by atoms with Gasteiger partial charge in [-0.2, -0.15) is 0 Å². The van der Waals surface area contributed by atoms with E-state index in [2.05, 4.69) is 6.07 Å². The van der Waals surface area contributed by atoms with E-state index in [-0.39, 0.29) is 11.5 Å². The van der Waals surface area contributed by atoms with Crippen LogP contribution in [0.15, 0.2) is 36.4 Å². The van der Waals surface area contributed by atoms with Crippen LogP contribution in [0.2, 0.25) is 0 Å². The number of phenols is 2. The zero-order valence-electron chi connectivity index (χ0n) is 8.36. The molecule has 0 saturated carbocycles. The summed E-state index contributed by atoms with van der Waals surface area (Å²) >= 11 is 0. The van der Waals surface area contributed by atoms with Crippen LogP contribution in [0.25, 0.3) is 11.1 Å². The maximum absolute atomic E-state index is 9.57. The molecule has 2 aromatic carbocycles. The van der Waals surface area contributed by atoms with Gasteiger partial charge in [-0.3, -0.25) is 0 Å². The van der Waals surface area contributed by atoms with Gasteiger partial charge in [-0.1, -0.05) is 30.3 Å². The van der Waals surface area contributed by atoms with Crippen molar-refractivity contribution in [3.8, 4) is 22.6 Å². The van der Waals surface area contributed by atoms with E-state index in [1.165, 1.54) is 0 Å². The Labute approximate surface area is 88.4 Å². The molecule has 0 aliphatic carbocycles. The van der Waals surface area contributed by atoms with E-state index in [1.54, 1.807) is 13.0 Å².